The number of sulfonamides is 1. The highest BCUT2D eigenvalue weighted by atomic mass is 32.2. The van der Waals surface area contributed by atoms with E-state index >= 15 is 0 Å². The van der Waals surface area contributed by atoms with Crippen molar-refractivity contribution in [2.45, 2.75) is 51.5 Å². The minimum atomic E-state index is -3.66. The highest BCUT2D eigenvalue weighted by Crippen LogP contribution is 2.38. The molecule has 0 aromatic heterocycles. The van der Waals surface area contributed by atoms with E-state index in [1.54, 1.807) is 24.3 Å². The Labute approximate surface area is 155 Å². The number of anilines is 2. The quantitative estimate of drug-likeness (QED) is 0.865. The van der Waals surface area contributed by atoms with E-state index < -0.39 is 10.0 Å². The van der Waals surface area contributed by atoms with Gasteiger partial charge in [-0.05, 0) is 69.0 Å². The Hall–Kier alpha value is -2.34. The van der Waals surface area contributed by atoms with Crippen molar-refractivity contribution in [3.8, 4) is 0 Å². The molecule has 0 heterocycles. The Morgan fingerprint density at radius 1 is 1.04 bits per heavy atom. The number of carbonyl (C=O) groups excluding carboxylic acids is 1. The van der Waals surface area contributed by atoms with Gasteiger partial charge in [-0.15, -0.1) is 0 Å². The molecule has 0 saturated heterocycles. The summed E-state index contributed by atoms with van der Waals surface area (Å²) in [6.07, 6.45) is 1.72. The van der Waals surface area contributed by atoms with E-state index in [1.165, 1.54) is 11.2 Å². The molecule has 138 valence electrons. The van der Waals surface area contributed by atoms with Crippen LogP contribution in [0.4, 0.5) is 11.4 Å². The van der Waals surface area contributed by atoms with Crippen LogP contribution in [-0.4, -0.2) is 20.4 Å². The molecule has 0 aliphatic heterocycles. The van der Waals surface area contributed by atoms with Gasteiger partial charge in [-0.1, -0.05) is 17.7 Å². The third kappa shape index (κ3) is 3.60. The SMILES string of the molecule is CC(=O)Nc1ccc(N(C2CC2)S(=O)(=O)c2c(C)cc(C)cc2C)cc1. The van der Waals surface area contributed by atoms with Crippen LogP contribution >= 0.6 is 0 Å². The summed E-state index contributed by atoms with van der Waals surface area (Å²) >= 11 is 0. The van der Waals surface area contributed by atoms with Crippen molar-refractivity contribution >= 4 is 27.3 Å². The van der Waals surface area contributed by atoms with Gasteiger partial charge >= 0.3 is 0 Å². The zero-order valence-electron chi connectivity index (χ0n) is 15.5. The molecule has 2 aromatic rings. The normalized spacial score (nSPS) is 14.2. The first-order chi connectivity index (χ1) is 12.2. The highest BCUT2D eigenvalue weighted by molar-refractivity contribution is 7.93. The summed E-state index contributed by atoms with van der Waals surface area (Å²) in [4.78, 5) is 11.6. The number of carbonyl (C=O) groups is 1. The zero-order valence-corrected chi connectivity index (χ0v) is 16.4. The third-order valence-corrected chi connectivity index (χ3v) is 6.63. The van der Waals surface area contributed by atoms with E-state index in [0.29, 0.717) is 16.3 Å². The minimum absolute atomic E-state index is 0.00767. The standard InChI is InChI=1S/C20H24N2O3S/c1-13-11-14(2)20(15(3)12-13)26(24,25)22(19-9-10-19)18-7-5-17(6-8-18)21-16(4)23/h5-8,11-12,19H,9-10H2,1-4H3,(H,21,23). The molecule has 2 aromatic carbocycles. The first-order valence-electron chi connectivity index (χ1n) is 8.70. The number of aryl methyl sites for hydroxylation is 3. The van der Waals surface area contributed by atoms with Crippen LogP contribution in [0, 0.1) is 20.8 Å². The third-order valence-electron chi connectivity index (χ3n) is 4.44. The van der Waals surface area contributed by atoms with Crippen molar-refractivity contribution in [1.29, 1.82) is 0 Å². The molecule has 5 nitrogen and oxygen atoms in total. The van der Waals surface area contributed by atoms with Crippen molar-refractivity contribution in [2.75, 3.05) is 9.62 Å². The number of rotatable bonds is 5. The summed E-state index contributed by atoms with van der Waals surface area (Å²) in [6, 6.07) is 10.8. The fourth-order valence-corrected chi connectivity index (χ4v) is 5.55. The number of nitrogens with zero attached hydrogens (tertiary/aromatic N) is 1. The molecule has 3 rings (SSSR count). The highest BCUT2D eigenvalue weighted by Gasteiger charge is 2.39. The average molecular weight is 372 g/mol. The topological polar surface area (TPSA) is 66.5 Å². The lowest BCUT2D eigenvalue weighted by molar-refractivity contribution is -0.114. The predicted molar refractivity (Wildman–Crippen MR) is 104 cm³/mol. The summed E-state index contributed by atoms with van der Waals surface area (Å²) in [6.45, 7) is 7.10. The Morgan fingerprint density at radius 3 is 2.04 bits per heavy atom. The summed E-state index contributed by atoms with van der Waals surface area (Å²) in [7, 11) is -3.66. The molecular formula is C20H24N2O3S. The van der Waals surface area contributed by atoms with Crippen molar-refractivity contribution < 1.29 is 13.2 Å². The number of hydrogen-bond acceptors (Lipinski definition) is 3. The van der Waals surface area contributed by atoms with Gasteiger partial charge in [0.2, 0.25) is 5.91 Å². The van der Waals surface area contributed by atoms with Crippen LogP contribution in [0.2, 0.25) is 0 Å². The van der Waals surface area contributed by atoms with E-state index in [0.717, 1.165) is 29.5 Å². The van der Waals surface area contributed by atoms with Gasteiger partial charge in [0, 0.05) is 18.7 Å². The Morgan fingerprint density at radius 2 is 1.58 bits per heavy atom. The van der Waals surface area contributed by atoms with E-state index in [1.807, 2.05) is 32.9 Å². The van der Waals surface area contributed by atoms with Crippen LogP contribution in [0.25, 0.3) is 0 Å². The molecule has 0 atom stereocenters. The molecule has 1 N–H and O–H groups in total. The molecule has 1 amide bonds. The van der Waals surface area contributed by atoms with E-state index in [4.69, 9.17) is 0 Å². The first-order valence-corrected chi connectivity index (χ1v) is 10.1. The van der Waals surface area contributed by atoms with Gasteiger partial charge in [-0.2, -0.15) is 0 Å². The molecule has 1 saturated carbocycles. The predicted octanol–water partition coefficient (Wildman–Crippen LogP) is 3.93. The molecule has 1 fully saturated rings. The van der Waals surface area contributed by atoms with Crippen molar-refractivity contribution in [1.82, 2.24) is 0 Å². The van der Waals surface area contributed by atoms with Gasteiger partial charge in [0.15, 0.2) is 0 Å². The summed E-state index contributed by atoms with van der Waals surface area (Å²) in [5, 5.41) is 2.70. The van der Waals surface area contributed by atoms with Gasteiger partial charge in [0.05, 0.1) is 10.6 Å². The lowest BCUT2D eigenvalue weighted by Crippen LogP contribution is -2.34. The van der Waals surface area contributed by atoms with Crippen LogP contribution < -0.4 is 9.62 Å². The molecule has 26 heavy (non-hydrogen) atoms. The summed E-state index contributed by atoms with van der Waals surface area (Å²) in [5.41, 5.74) is 3.86. The summed E-state index contributed by atoms with van der Waals surface area (Å²) < 4.78 is 28.5. The molecule has 0 bridgehead atoms. The Bertz CT molecular complexity index is 923. The maximum atomic E-state index is 13.5. The average Bonchev–Trinajstić information content (AvgIpc) is 3.31. The number of nitrogens with one attached hydrogen (secondary N) is 1. The van der Waals surface area contributed by atoms with E-state index in [-0.39, 0.29) is 11.9 Å². The van der Waals surface area contributed by atoms with Crippen LogP contribution in [0.5, 0.6) is 0 Å². The van der Waals surface area contributed by atoms with Crippen LogP contribution in [0.3, 0.4) is 0 Å². The first kappa shape index (κ1) is 18.5. The Kier molecular flexibility index (Phi) is 4.80. The van der Waals surface area contributed by atoms with Crippen LogP contribution in [0.1, 0.15) is 36.5 Å². The van der Waals surface area contributed by atoms with Crippen molar-refractivity contribution in [3.63, 3.8) is 0 Å². The fourth-order valence-electron chi connectivity index (χ4n) is 3.42. The molecule has 1 aliphatic carbocycles. The number of hydrogen-bond donors (Lipinski definition) is 1. The van der Waals surface area contributed by atoms with Gasteiger partial charge in [-0.3, -0.25) is 9.10 Å². The van der Waals surface area contributed by atoms with Gasteiger partial charge in [0.25, 0.3) is 10.0 Å². The van der Waals surface area contributed by atoms with Crippen LogP contribution in [-0.2, 0) is 14.8 Å². The molecule has 0 unspecified atom stereocenters. The molecule has 0 spiro atoms. The maximum absolute atomic E-state index is 13.5. The van der Waals surface area contributed by atoms with Gasteiger partial charge in [0.1, 0.15) is 0 Å². The van der Waals surface area contributed by atoms with E-state index in [9.17, 15) is 13.2 Å². The van der Waals surface area contributed by atoms with Gasteiger partial charge < -0.3 is 5.32 Å². The van der Waals surface area contributed by atoms with Crippen molar-refractivity contribution in [3.05, 3.63) is 53.1 Å². The monoisotopic (exact) mass is 372 g/mol. The second-order valence-electron chi connectivity index (χ2n) is 6.99. The summed E-state index contributed by atoms with van der Waals surface area (Å²) in [5.74, 6) is -0.157. The second kappa shape index (κ2) is 6.76. The molecule has 6 heteroatoms. The molecule has 0 radical (unpaired) electrons. The second-order valence-corrected chi connectivity index (χ2v) is 8.74. The van der Waals surface area contributed by atoms with Crippen molar-refractivity contribution in [2.24, 2.45) is 0 Å². The largest absolute Gasteiger partial charge is 0.326 e. The minimum Gasteiger partial charge on any atom is -0.326 e. The lowest BCUT2D eigenvalue weighted by Gasteiger charge is -2.26. The lowest BCUT2D eigenvalue weighted by atomic mass is 10.1. The van der Waals surface area contributed by atoms with Gasteiger partial charge in [-0.25, -0.2) is 8.42 Å². The number of benzene rings is 2. The zero-order chi connectivity index (χ0) is 19.1. The number of amides is 1. The van der Waals surface area contributed by atoms with E-state index in [2.05, 4.69) is 5.32 Å². The fraction of sp³-hybridized carbons (Fsp3) is 0.350. The van der Waals surface area contributed by atoms with Crippen LogP contribution in [0.15, 0.2) is 41.3 Å². The molecular weight excluding hydrogens is 348 g/mol. The molecule has 1 aliphatic rings. The Balaban J connectivity index is 2.04. The maximum Gasteiger partial charge on any atom is 0.265 e. The smallest absolute Gasteiger partial charge is 0.265 e.